The molecule has 1 aliphatic rings. The third kappa shape index (κ3) is 4.78. The second kappa shape index (κ2) is 9.21. The van der Waals surface area contributed by atoms with E-state index in [9.17, 15) is 18.0 Å². The highest BCUT2D eigenvalue weighted by Crippen LogP contribution is 2.34. The second-order valence-corrected chi connectivity index (χ2v) is 8.63. The minimum atomic E-state index is -4.49. The van der Waals surface area contributed by atoms with Crippen molar-refractivity contribution in [2.45, 2.75) is 45.5 Å². The summed E-state index contributed by atoms with van der Waals surface area (Å²) in [5, 5.41) is 3.04. The predicted octanol–water partition coefficient (Wildman–Crippen LogP) is 5.22. The Morgan fingerprint density at radius 1 is 1.27 bits per heavy atom. The van der Waals surface area contributed by atoms with Crippen LogP contribution in [0.5, 0.6) is 0 Å². The predicted molar refractivity (Wildman–Crippen MR) is 121 cm³/mol. The molecular weight excluding hydrogens is 455 g/mol. The van der Waals surface area contributed by atoms with E-state index in [-0.39, 0.29) is 22.9 Å². The molecule has 176 valence electrons. The molecule has 6 nitrogen and oxygen atoms in total. The highest BCUT2D eigenvalue weighted by atomic mass is 35.5. The van der Waals surface area contributed by atoms with Crippen LogP contribution in [0.1, 0.15) is 44.1 Å². The van der Waals surface area contributed by atoms with Gasteiger partial charge in [0.1, 0.15) is 11.6 Å². The lowest BCUT2D eigenvalue weighted by atomic mass is 9.95. The number of aromatic nitrogens is 3. The van der Waals surface area contributed by atoms with Crippen molar-refractivity contribution in [2.75, 3.05) is 18.0 Å². The number of hydrogen-bond acceptors (Lipinski definition) is 4. The summed E-state index contributed by atoms with van der Waals surface area (Å²) in [5.41, 5.74) is 1.05. The van der Waals surface area contributed by atoms with Crippen LogP contribution in [0.3, 0.4) is 0 Å². The third-order valence-electron chi connectivity index (χ3n) is 6.06. The molecule has 1 amide bonds. The molecule has 0 saturated carbocycles. The zero-order valence-electron chi connectivity index (χ0n) is 18.4. The van der Waals surface area contributed by atoms with Crippen LogP contribution in [0.25, 0.3) is 11.0 Å². The van der Waals surface area contributed by atoms with Crippen LogP contribution in [0.15, 0.2) is 36.5 Å². The maximum atomic E-state index is 12.9. The average molecular weight is 480 g/mol. The van der Waals surface area contributed by atoms with Gasteiger partial charge in [-0.1, -0.05) is 23.7 Å². The Labute approximate surface area is 194 Å². The van der Waals surface area contributed by atoms with Gasteiger partial charge in [-0.3, -0.25) is 4.79 Å². The maximum absolute atomic E-state index is 12.9. The molecule has 4 rings (SSSR count). The molecule has 33 heavy (non-hydrogen) atoms. The number of hydrogen-bond donors (Lipinski definition) is 1. The molecule has 0 aliphatic carbocycles. The number of anilines is 1. The van der Waals surface area contributed by atoms with E-state index in [1.807, 2.05) is 43.0 Å². The maximum Gasteiger partial charge on any atom is 0.417 e. The number of carbonyl (C=O) groups is 1. The highest BCUT2D eigenvalue weighted by Gasteiger charge is 2.33. The fourth-order valence-electron chi connectivity index (χ4n) is 4.32. The van der Waals surface area contributed by atoms with Crippen LogP contribution in [0.2, 0.25) is 5.02 Å². The summed E-state index contributed by atoms with van der Waals surface area (Å²) in [7, 11) is 0. The molecule has 1 saturated heterocycles. The first kappa shape index (κ1) is 23.4. The number of alkyl halides is 3. The van der Waals surface area contributed by atoms with Crippen LogP contribution >= 0.6 is 11.6 Å². The molecule has 1 unspecified atom stereocenters. The van der Waals surface area contributed by atoms with E-state index in [1.54, 1.807) is 0 Å². The number of para-hydroxylation sites is 2. The number of imidazole rings is 1. The summed E-state index contributed by atoms with van der Waals surface area (Å²) >= 11 is 6.07. The number of pyridine rings is 1. The lowest BCUT2D eigenvalue weighted by Gasteiger charge is -2.33. The van der Waals surface area contributed by atoms with Gasteiger partial charge in [0.25, 0.3) is 0 Å². The Bertz CT molecular complexity index is 1150. The SMILES string of the molecule is CCn1c(C(C)NC(=O)C2CCN(c3ncc(C(F)(F)F)cc3Cl)CC2)nc2ccccc21. The number of amides is 1. The smallest absolute Gasteiger partial charge is 0.355 e. The minimum Gasteiger partial charge on any atom is -0.355 e. The topological polar surface area (TPSA) is 63.1 Å². The van der Waals surface area contributed by atoms with Gasteiger partial charge in [0.2, 0.25) is 5.91 Å². The summed E-state index contributed by atoms with van der Waals surface area (Å²) in [6.45, 7) is 5.68. The van der Waals surface area contributed by atoms with Gasteiger partial charge < -0.3 is 14.8 Å². The number of nitrogens with one attached hydrogen (secondary N) is 1. The second-order valence-electron chi connectivity index (χ2n) is 8.22. The van der Waals surface area contributed by atoms with Gasteiger partial charge >= 0.3 is 6.18 Å². The summed E-state index contributed by atoms with van der Waals surface area (Å²) < 4.78 is 40.7. The van der Waals surface area contributed by atoms with Crippen LogP contribution in [0.4, 0.5) is 19.0 Å². The van der Waals surface area contributed by atoms with Gasteiger partial charge in [0.05, 0.1) is 27.7 Å². The monoisotopic (exact) mass is 479 g/mol. The van der Waals surface area contributed by atoms with Crippen molar-refractivity contribution < 1.29 is 18.0 Å². The van der Waals surface area contributed by atoms with Crippen molar-refractivity contribution in [3.63, 3.8) is 0 Å². The molecule has 0 bridgehead atoms. The van der Waals surface area contributed by atoms with Gasteiger partial charge in [0, 0.05) is 31.7 Å². The Morgan fingerprint density at radius 2 is 1.97 bits per heavy atom. The van der Waals surface area contributed by atoms with Gasteiger partial charge in [-0.15, -0.1) is 0 Å². The number of piperidine rings is 1. The molecule has 1 aliphatic heterocycles. The number of aryl methyl sites for hydroxylation is 1. The van der Waals surface area contributed by atoms with Gasteiger partial charge in [0.15, 0.2) is 0 Å². The molecule has 10 heteroatoms. The molecule has 2 aromatic heterocycles. The van der Waals surface area contributed by atoms with Crippen molar-refractivity contribution >= 4 is 34.4 Å². The molecule has 1 atom stereocenters. The molecule has 0 spiro atoms. The Hall–Kier alpha value is -2.81. The number of halogens is 4. The normalized spacial score (nSPS) is 16.2. The largest absolute Gasteiger partial charge is 0.417 e. The van der Waals surface area contributed by atoms with Crippen molar-refractivity contribution in [1.29, 1.82) is 0 Å². The molecular formula is C23H25ClF3N5O. The summed E-state index contributed by atoms with van der Waals surface area (Å²) in [6, 6.07) is 8.51. The van der Waals surface area contributed by atoms with Crippen molar-refractivity contribution in [3.8, 4) is 0 Å². The minimum absolute atomic E-state index is 0.0418. The first-order chi connectivity index (χ1) is 15.7. The first-order valence-electron chi connectivity index (χ1n) is 10.9. The van der Waals surface area contributed by atoms with Crippen LogP contribution in [-0.4, -0.2) is 33.5 Å². The van der Waals surface area contributed by atoms with E-state index in [2.05, 4.69) is 14.9 Å². The lowest BCUT2D eigenvalue weighted by molar-refractivity contribution is -0.137. The fraction of sp³-hybridized carbons (Fsp3) is 0.435. The summed E-state index contributed by atoms with van der Waals surface area (Å²) in [6.07, 6.45) is -2.58. The highest BCUT2D eigenvalue weighted by molar-refractivity contribution is 6.33. The van der Waals surface area contributed by atoms with Crippen molar-refractivity contribution in [2.24, 2.45) is 5.92 Å². The Balaban J connectivity index is 1.39. The van der Waals surface area contributed by atoms with E-state index in [1.165, 1.54) is 0 Å². The number of nitrogens with zero attached hydrogens (tertiary/aromatic N) is 4. The molecule has 3 aromatic rings. The molecule has 3 heterocycles. The van der Waals surface area contributed by atoms with E-state index in [0.717, 1.165) is 35.7 Å². The van der Waals surface area contributed by atoms with Crippen molar-refractivity contribution in [3.05, 3.63) is 52.9 Å². The zero-order valence-corrected chi connectivity index (χ0v) is 19.1. The average Bonchev–Trinajstić information content (AvgIpc) is 3.17. The number of benzene rings is 1. The molecule has 1 N–H and O–H groups in total. The Kier molecular flexibility index (Phi) is 6.52. The van der Waals surface area contributed by atoms with Gasteiger partial charge in [-0.05, 0) is 44.9 Å². The standard InChI is InChI=1S/C23H25ClF3N5O/c1-3-32-19-7-5-4-6-18(19)30-20(32)14(2)29-22(33)15-8-10-31(11-9-15)21-17(24)12-16(13-28-21)23(25,26)27/h4-7,12-15H,3,8-11H2,1-2H3,(H,29,33). The van der Waals surface area contributed by atoms with E-state index in [0.29, 0.717) is 31.7 Å². The number of fused-ring (bicyclic) bond motifs is 1. The van der Waals surface area contributed by atoms with Crippen LogP contribution in [-0.2, 0) is 17.5 Å². The van der Waals surface area contributed by atoms with Gasteiger partial charge in [-0.2, -0.15) is 13.2 Å². The van der Waals surface area contributed by atoms with Gasteiger partial charge in [-0.25, -0.2) is 9.97 Å². The summed E-state index contributed by atoms with van der Waals surface area (Å²) in [5.74, 6) is 0.874. The Morgan fingerprint density at radius 3 is 2.61 bits per heavy atom. The van der Waals surface area contributed by atoms with E-state index < -0.39 is 11.7 Å². The number of carbonyl (C=O) groups excluding carboxylic acids is 1. The van der Waals surface area contributed by atoms with E-state index >= 15 is 0 Å². The molecule has 0 radical (unpaired) electrons. The zero-order chi connectivity index (χ0) is 23.8. The van der Waals surface area contributed by atoms with Crippen LogP contribution in [0, 0.1) is 5.92 Å². The first-order valence-corrected chi connectivity index (χ1v) is 11.3. The molecule has 1 aromatic carbocycles. The fourth-order valence-corrected chi connectivity index (χ4v) is 4.61. The lowest BCUT2D eigenvalue weighted by Crippen LogP contribution is -2.42. The van der Waals surface area contributed by atoms with Crippen LogP contribution < -0.4 is 10.2 Å². The van der Waals surface area contributed by atoms with E-state index in [4.69, 9.17) is 16.6 Å². The van der Waals surface area contributed by atoms with Crippen molar-refractivity contribution in [1.82, 2.24) is 19.9 Å². The quantitative estimate of drug-likeness (QED) is 0.545. The summed E-state index contributed by atoms with van der Waals surface area (Å²) in [4.78, 5) is 23.4. The third-order valence-corrected chi connectivity index (χ3v) is 6.34. The number of rotatable bonds is 5. The molecule has 1 fully saturated rings.